The highest BCUT2D eigenvalue weighted by atomic mass is 79.9. The van der Waals surface area contributed by atoms with E-state index in [0.29, 0.717) is 29.3 Å². The van der Waals surface area contributed by atoms with Gasteiger partial charge in [-0.1, -0.05) is 41.1 Å². The number of anilines is 1. The number of nitrogens with zero attached hydrogens (tertiary/aromatic N) is 5. The fourth-order valence-corrected chi connectivity index (χ4v) is 6.51. The zero-order valence-corrected chi connectivity index (χ0v) is 23.5. The topological polar surface area (TPSA) is 126 Å². The quantitative estimate of drug-likeness (QED) is 0.135. The maximum atomic E-state index is 13.6. The Hall–Kier alpha value is -3.52. The highest BCUT2D eigenvalue weighted by Crippen LogP contribution is 2.32. The van der Waals surface area contributed by atoms with Crippen molar-refractivity contribution in [3.05, 3.63) is 92.4 Å². The molecule has 4 aromatic rings. The molecule has 0 bridgehead atoms. The van der Waals surface area contributed by atoms with Gasteiger partial charge in [0.25, 0.3) is 11.6 Å². The molecule has 0 radical (unpaired) electrons. The molecule has 1 heterocycles. The average molecular weight is 617 g/mol. The normalized spacial score (nSPS) is 11.9. The molecule has 0 aliphatic carbocycles. The number of benzene rings is 3. The van der Waals surface area contributed by atoms with Gasteiger partial charge in [-0.3, -0.25) is 14.9 Å². The number of nitro benzene ring substituents is 1. The van der Waals surface area contributed by atoms with Gasteiger partial charge in [0.1, 0.15) is 0 Å². The Morgan fingerprint density at radius 2 is 1.74 bits per heavy atom. The van der Waals surface area contributed by atoms with Crippen molar-refractivity contribution in [2.75, 3.05) is 18.1 Å². The van der Waals surface area contributed by atoms with Crippen LogP contribution in [-0.2, 0) is 10.0 Å². The number of rotatable bonds is 9. The minimum absolute atomic E-state index is 0.0633. The lowest BCUT2D eigenvalue weighted by molar-refractivity contribution is -0.384. The highest BCUT2D eigenvalue weighted by Gasteiger charge is 2.24. The van der Waals surface area contributed by atoms with E-state index in [2.05, 4.69) is 26.0 Å². The summed E-state index contributed by atoms with van der Waals surface area (Å²) in [5, 5.41) is 16.7. The summed E-state index contributed by atoms with van der Waals surface area (Å²) in [7, 11) is -3.68. The Bertz CT molecular complexity index is 1620. The molecule has 0 unspecified atom stereocenters. The number of fused-ring (bicyclic) bond motifs is 1. The lowest BCUT2D eigenvalue weighted by Crippen LogP contribution is -2.30. The monoisotopic (exact) mass is 615 g/mol. The van der Waals surface area contributed by atoms with Crippen LogP contribution < -0.4 is 5.01 Å². The van der Waals surface area contributed by atoms with Crippen molar-refractivity contribution in [2.45, 2.75) is 18.7 Å². The number of hydrazone groups is 1. The maximum absolute atomic E-state index is 13.6. The standard InChI is InChI=1S/C25H22BrN5O5S2/c1-3-29(4-2)38(35,36)21-12-7-18(8-13-21)24(32)30(25-28-22-14-9-19(26)15-23(22)37-25)27-16-17-5-10-20(11-6-17)31(33)34/h5-16H,3-4H2,1-2H3/b27-16+. The zero-order valence-electron chi connectivity index (χ0n) is 20.3. The first-order valence-electron chi connectivity index (χ1n) is 11.4. The Labute approximate surface area is 231 Å². The third-order valence-electron chi connectivity index (χ3n) is 5.58. The third kappa shape index (κ3) is 5.80. The summed E-state index contributed by atoms with van der Waals surface area (Å²) in [6, 6.07) is 16.9. The lowest BCUT2D eigenvalue weighted by Gasteiger charge is -2.19. The molecule has 0 aliphatic heterocycles. The van der Waals surface area contributed by atoms with E-state index in [1.807, 2.05) is 18.2 Å². The van der Waals surface area contributed by atoms with Crippen LogP contribution in [0.15, 0.2) is 81.2 Å². The first kappa shape index (κ1) is 27.5. The maximum Gasteiger partial charge on any atom is 0.280 e. The summed E-state index contributed by atoms with van der Waals surface area (Å²) < 4.78 is 28.7. The Morgan fingerprint density at radius 3 is 2.34 bits per heavy atom. The van der Waals surface area contributed by atoms with E-state index in [-0.39, 0.29) is 16.1 Å². The van der Waals surface area contributed by atoms with E-state index in [9.17, 15) is 23.3 Å². The van der Waals surface area contributed by atoms with Gasteiger partial charge < -0.3 is 0 Å². The van der Waals surface area contributed by atoms with Gasteiger partial charge in [0, 0.05) is 35.3 Å². The SMILES string of the molecule is CCN(CC)S(=O)(=O)c1ccc(C(=O)N(/N=C/c2ccc([N+](=O)[O-])cc2)c2nc3ccc(Br)cc3s2)cc1. The van der Waals surface area contributed by atoms with E-state index in [1.165, 1.54) is 70.4 Å². The predicted molar refractivity (Wildman–Crippen MR) is 151 cm³/mol. The van der Waals surface area contributed by atoms with Crippen LogP contribution >= 0.6 is 27.3 Å². The molecule has 0 spiro atoms. The molecule has 0 saturated carbocycles. The van der Waals surface area contributed by atoms with E-state index >= 15 is 0 Å². The fraction of sp³-hybridized carbons (Fsp3) is 0.160. The molecule has 10 nitrogen and oxygen atoms in total. The summed E-state index contributed by atoms with van der Waals surface area (Å²) in [6.07, 6.45) is 1.41. The van der Waals surface area contributed by atoms with Crippen molar-refractivity contribution >= 4 is 70.4 Å². The number of hydrogen-bond donors (Lipinski definition) is 0. The molecule has 0 N–H and O–H groups in total. The van der Waals surface area contributed by atoms with Crippen LogP contribution in [0.2, 0.25) is 0 Å². The Kier molecular flexibility index (Phi) is 8.31. The molecule has 1 aromatic heterocycles. The molecule has 196 valence electrons. The molecule has 0 aliphatic rings. The van der Waals surface area contributed by atoms with Crippen molar-refractivity contribution < 1.29 is 18.1 Å². The summed E-state index contributed by atoms with van der Waals surface area (Å²) in [4.78, 5) is 28.7. The zero-order chi connectivity index (χ0) is 27.4. The van der Waals surface area contributed by atoms with Crippen molar-refractivity contribution in [1.29, 1.82) is 0 Å². The summed E-state index contributed by atoms with van der Waals surface area (Å²) >= 11 is 4.69. The number of carbonyl (C=O) groups excluding carboxylic acids is 1. The number of halogens is 1. The van der Waals surface area contributed by atoms with Gasteiger partial charge in [-0.2, -0.15) is 14.4 Å². The smallest absolute Gasteiger partial charge is 0.267 e. The number of nitro groups is 1. The number of thiazole rings is 1. The Morgan fingerprint density at radius 1 is 1.08 bits per heavy atom. The highest BCUT2D eigenvalue weighted by molar-refractivity contribution is 9.10. The number of sulfonamides is 1. The number of carbonyl (C=O) groups is 1. The van der Waals surface area contributed by atoms with Gasteiger partial charge in [0.15, 0.2) is 0 Å². The summed E-state index contributed by atoms with van der Waals surface area (Å²) in [5.74, 6) is -0.520. The van der Waals surface area contributed by atoms with E-state index in [0.717, 1.165) is 14.2 Å². The van der Waals surface area contributed by atoms with Crippen LogP contribution in [-0.4, -0.2) is 47.8 Å². The van der Waals surface area contributed by atoms with Crippen LogP contribution in [0, 0.1) is 10.1 Å². The van der Waals surface area contributed by atoms with Gasteiger partial charge in [0.2, 0.25) is 15.2 Å². The summed E-state index contributed by atoms with van der Waals surface area (Å²) in [5.41, 5.74) is 1.37. The van der Waals surface area contributed by atoms with Crippen LogP contribution in [0.1, 0.15) is 29.8 Å². The predicted octanol–water partition coefficient (Wildman–Crippen LogP) is 5.68. The molecule has 4 rings (SSSR count). The van der Waals surface area contributed by atoms with Crippen LogP contribution in [0.5, 0.6) is 0 Å². The largest absolute Gasteiger partial charge is 0.280 e. The molecule has 0 fully saturated rings. The van der Waals surface area contributed by atoms with E-state index in [4.69, 9.17) is 0 Å². The molecule has 13 heteroatoms. The lowest BCUT2D eigenvalue weighted by atomic mass is 10.2. The minimum Gasteiger partial charge on any atom is -0.267 e. The average Bonchev–Trinajstić information content (AvgIpc) is 3.32. The number of aromatic nitrogens is 1. The molecule has 38 heavy (non-hydrogen) atoms. The first-order chi connectivity index (χ1) is 18.1. The van der Waals surface area contributed by atoms with Crippen molar-refractivity contribution in [1.82, 2.24) is 9.29 Å². The third-order valence-corrected chi connectivity index (χ3v) is 9.13. The van der Waals surface area contributed by atoms with Gasteiger partial charge in [-0.25, -0.2) is 13.4 Å². The molecular formula is C25H22BrN5O5S2. The number of non-ortho nitro benzene ring substituents is 1. The molecule has 0 atom stereocenters. The molecular weight excluding hydrogens is 594 g/mol. The van der Waals surface area contributed by atoms with Crippen molar-refractivity contribution in [2.24, 2.45) is 5.10 Å². The number of amides is 1. The number of hydrogen-bond acceptors (Lipinski definition) is 8. The molecule has 0 saturated heterocycles. The van der Waals surface area contributed by atoms with Gasteiger partial charge in [-0.05, 0) is 60.2 Å². The van der Waals surface area contributed by atoms with Crippen molar-refractivity contribution in [3.8, 4) is 0 Å². The van der Waals surface area contributed by atoms with Gasteiger partial charge >= 0.3 is 0 Å². The van der Waals surface area contributed by atoms with E-state index in [1.54, 1.807) is 13.8 Å². The summed E-state index contributed by atoms with van der Waals surface area (Å²) in [6.45, 7) is 4.18. The second-order valence-electron chi connectivity index (χ2n) is 7.93. The first-order valence-corrected chi connectivity index (χ1v) is 14.5. The van der Waals surface area contributed by atoms with Crippen LogP contribution in [0.3, 0.4) is 0 Å². The van der Waals surface area contributed by atoms with Gasteiger partial charge in [-0.15, -0.1) is 0 Å². The minimum atomic E-state index is -3.68. The van der Waals surface area contributed by atoms with E-state index < -0.39 is 20.9 Å². The fourth-order valence-electron chi connectivity index (χ4n) is 3.58. The van der Waals surface area contributed by atoms with Crippen LogP contribution in [0.25, 0.3) is 10.2 Å². The van der Waals surface area contributed by atoms with Crippen LogP contribution in [0.4, 0.5) is 10.8 Å². The second kappa shape index (κ2) is 11.5. The Balaban J connectivity index is 1.71. The van der Waals surface area contributed by atoms with Crippen molar-refractivity contribution in [3.63, 3.8) is 0 Å². The molecule has 3 aromatic carbocycles. The molecule has 1 amide bonds. The second-order valence-corrected chi connectivity index (χ2v) is 11.8. The van der Waals surface area contributed by atoms with Gasteiger partial charge in [0.05, 0.1) is 26.3 Å².